The fraction of sp³-hybridized carbons (Fsp3) is 0.367. The van der Waals surface area contributed by atoms with Gasteiger partial charge in [-0.2, -0.15) is 0 Å². The van der Waals surface area contributed by atoms with E-state index in [2.05, 4.69) is 15.2 Å². The molecule has 6 rings (SSSR count). The second-order valence-electron chi connectivity index (χ2n) is 11.2. The van der Waals surface area contributed by atoms with E-state index < -0.39 is 47.0 Å². The van der Waals surface area contributed by atoms with Gasteiger partial charge in [-0.25, -0.2) is 13.2 Å². The van der Waals surface area contributed by atoms with Crippen LogP contribution in [0.25, 0.3) is 0 Å². The first-order chi connectivity index (χ1) is 20.5. The van der Waals surface area contributed by atoms with Gasteiger partial charge >= 0.3 is 0 Å². The summed E-state index contributed by atoms with van der Waals surface area (Å²) in [5.41, 5.74) is 6.69. The van der Waals surface area contributed by atoms with Gasteiger partial charge in [-0.1, -0.05) is 11.6 Å². The van der Waals surface area contributed by atoms with Gasteiger partial charge in [0.15, 0.2) is 0 Å². The van der Waals surface area contributed by atoms with Crippen molar-refractivity contribution in [3.63, 3.8) is 0 Å². The van der Waals surface area contributed by atoms with Gasteiger partial charge < -0.3 is 25.8 Å². The summed E-state index contributed by atoms with van der Waals surface area (Å²) in [5.74, 6) is -3.35. The third-order valence-corrected chi connectivity index (χ3v) is 8.53. The number of pyridine rings is 1. The normalized spacial score (nSPS) is 25.7. The molecule has 4 atom stereocenters. The van der Waals surface area contributed by atoms with E-state index in [9.17, 15) is 27.9 Å². The van der Waals surface area contributed by atoms with Crippen molar-refractivity contribution in [1.29, 1.82) is 0 Å². The quantitative estimate of drug-likeness (QED) is 0.365. The van der Waals surface area contributed by atoms with Crippen LogP contribution in [0.3, 0.4) is 0 Å². The third kappa shape index (κ3) is 5.73. The van der Waals surface area contributed by atoms with Crippen molar-refractivity contribution in [3.05, 3.63) is 93.5 Å². The average Bonchev–Trinajstić information content (AvgIpc) is 3.53. The van der Waals surface area contributed by atoms with Crippen molar-refractivity contribution in [2.24, 2.45) is 5.73 Å². The minimum absolute atomic E-state index is 0.0873. The van der Waals surface area contributed by atoms with Crippen LogP contribution in [0.2, 0.25) is 5.02 Å². The maximum absolute atomic E-state index is 14.3. The minimum Gasteiger partial charge on any atom is -0.372 e. The SMILES string of the molecule is N[C@H]1C[C@@H](N2Cc3cc(N4CCC(O)(C(=O)NCc5cc(F)cc(Cl)c5)C4=O)cnc3C2)CO[C@@H]1c1cc(F)ccc1F. The Labute approximate surface area is 250 Å². The number of amides is 2. The number of fused-ring (bicyclic) bond motifs is 1. The lowest BCUT2D eigenvalue weighted by Crippen LogP contribution is -2.52. The van der Waals surface area contributed by atoms with Gasteiger partial charge in [-0.3, -0.25) is 19.5 Å². The molecule has 0 spiro atoms. The largest absolute Gasteiger partial charge is 0.372 e. The molecule has 13 heteroatoms. The molecule has 9 nitrogen and oxygen atoms in total. The van der Waals surface area contributed by atoms with Gasteiger partial charge in [0.05, 0.1) is 24.2 Å². The molecule has 3 aliphatic heterocycles. The molecule has 2 aromatic carbocycles. The van der Waals surface area contributed by atoms with Crippen molar-refractivity contribution in [2.45, 2.75) is 56.3 Å². The molecule has 4 N–H and O–H groups in total. The topological polar surface area (TPSA) is 121 Å². The highest BCUT2D eigenvalue weighted by Crippen LogP contribution is 2.36. The van der Waals surface area contributed by atoms with Crippen molar-refractivity contribution in [3.8, 4) is 0 Å². The standard InChI is InChI=1S/C30H29ClF3N5O4/c31-18-5-16(6-20(33)8-18)11-37-28(40)30(42)3-4-39(29(30)41)21-7-17-13-38(14-26(17)36-12-21)22-10-25(35)27(43-15-22)23-9-19(32)1-2-24(23)34/h1-2,5-9,12,22,25,27,42H,3-4,10-11,13-15,35H2,(H,37,40)/t22-,25+,27-,30?/m1/s1. The molecule has 0 radical (unpaired) electrons. The zero-order chi connectivity index (χ0) is 30.5. The summed E-state index contributed by atoms with van der Waals surface area (Å²) >= 11 is 5.86. The van der Waals surface area contributed by atoms with Crippen LogP contribution >= 0.6 is 11.6 Å². The number of nitrogens with zero attached hydrogens (tertiary/aromatic N) is 3. The molecule has 43 heavy (non-hydrogen) atoms. The molecule has 226 valence electrons. The van der Waals surface area contributed by atoms with Gasteiger partial charge in [-0.05, 0) is 60.0 Å². The Bertz CT molecular complexity index is 1580. The first-order valence-electron chi connectivity index (χ1n) is 13.8. The van der Waals surface area contributed by atoms with Crippen LogP contribution in [-0.2, 0) is 34.0 Å². The highest BCUT2D eigenvalue weighted by molar-refractivity contribution is 6.30. The summed E-state index contributed by atoms with van der Waals surface area (Å²) < 4.78 is 47.6. The summed E-state index contributed by atoms with van der Waals surface area (Å²) in [6.45, 7) is 1.26. The van der Waals surface area contributed by atoms with E-state index in [1.807, 2.05) is 6.07 Å². The summed E-state index contributed by atoms with van der Waals surface area (Å²) in [5, 5.41) is 13.7. The molecule has 2 saturated heterocycles. The molecule has 2 fully saturated rings. The summed E-state index contributed by atoms with van der Waals surface area (Å²) in [4.78, 5) is 34.1. The third-order valence-electron chi connectivity index (χ3n) is 8.31. The highest BCUT2D eigenvalue weighted by Gasteiger charge is 2.52. The molecular weight excluding hydrogens is 587 g/mol. The van der Waals surface area contributed by atoms with Crippen LogP contribution in [-0.4, -0.2) is 57.6 Å². The summed E-state index contributed by atoms with van der Waals surface area (Å²) in [6.07, 6.45) is 1.14. The predicted molar refractivity (Wildman–Crippen MR) is 150 cm³/mol. The molecule has 2 amide bonds. The lowest BCUT2D eigenvalue weighted by atomic mass is 9.93. The van der Waals surface area contributed by atoms with Gasteiger partial charge in [0.1, 0.15) is 23.6 Å². The van der Waals surface area contributed by atoms with Crippen LogP contribution < -0.4 is 16.0 Å². The lowest BCUT2D eigenvalue weighted by molar-refractivity contribution is -0.149. The number of benzene rings is 2. The van der Waals surface area contributed by atoms with E-state index in [0.717, 1.165) is 35.5 Å². The first kappa shape index (κ1) is 29.5. The number of nitrogens with two attached hydrogens (primary N) is 1. The van der Waals surface area contributed by atoms with E-state index in [4.69, 9.17) is 22.1 Å². The Morgan fingerprint density at radius 3 is 2.74 bits per heavy atom. The Balaban J connectivity index is 1.09. The van der Waals surface area contributed by atoms with Crippen LogP contribution in [0.1, 0.15) is 41.3 Å². The van der Waals surface area contributed by atoms with Crippen molar-refractivity contribution in [2.75, 3.05) is 18.1 Å². The highest BCUT2D eigenvalue weighted by atomic mass is 35.5. The second kappa shape index (κ2) is 11.5. The molecule has 3 aliphatic rings. The Morgan fingerprint density at radius 1 is 1.16 bits per heavy atom. The van der Waals surface area contributed by atoms with E-state index in [0.29, 0.717) is 30.8 Å². The summed E-state index contributed by atoms with van der Waals surface area (Å²) in [7, 11) is 0. The maximum Gasteiger partial charge on any atom is 0.268 e. The van der Waals surface area contributed by atoms with Gasteiger partial charge in [0.2, 0.25) is 5.60 Å². The van der Waals surface area contributed by atoms with Crippen LogP contribution in [0.15, 0.2) is 48.7 Å². The second-order valence-corrected chi connectivity index (χ2v) is 11.6. The van der Waals surface area contributed by atoms with Gasteiger partial charge in [-0.15, -0.1) is 0 Å². The molecule has 3 aromatic rings. The van der Waals surface area contributed by atoms with E-state index in [-0.39, 0.29) is 42.7 Å². The number of carbonyl (C=O) groups is 2. The van der Waals surface area contributed by atoms with E-state index in [1.54, 1.807) is 0 Å². The fourth-order valence-electron chi connectivity index (χ4n) is 6.03. The number of hydrogen-bond donors (Lipinski definition) is 3. The zero-order valence-electron chi connectivity index (χ0n) is 22.9. The molecule has 4 heterocycles. The number of carbonyl (C=O) groups excluding carboxylic acids is 2. The number of halogens is 4. The average molecular weight is 616 g/mol. The molecular formula is C30H29ClF3N5O4. The zero-order valence-corrected chi connectivity index (χ0v) is 23.7. The molecule has 0 bridgehead atoms. The van der Waals surface area contributed by atoms with Gasteiger partial charge in [0, 0.05) is 55.3 Å². The maximum atomic E-state index is 14.3. The number of nitrogens with one attached hydrogen (secondary N) is 1. The van der Waals surface area contributed by atoms with Crippen LogP contribution in [0.4, 0.5) is 18.9 Å². The molecule has 0 aliphatic carbocycles. The number of aromatic nitrogens is 1. The predicted octanol–water partition coefficient (Wildman–Crippen LogP) is 3.11. The van der Waals surface area contributed by atoms with E-state index >= 15 is 0 Å². The number of aliphatic hydroxyl groups is 1. The van der Waals surface area contributed by atoms with Crippen molar-refractivity contribution >= 4 is 29.1 Å². The Kier molecular flexibility index (Phi) is 7.90. The minimum atomic E-state index is -2.28. The molecule has 1 aromatic heterocycles. The molecule has 0 saturated carbocycles. The van der Waals surface area contributed by atoms with Crippen molar-refractivity contribution in [1.82, 2.24) is 15.2 Å². The van der Waals surface area contributed by atoms with Crippen LogP contribution in [0.5, 0.6) is 0 Å². The van der Waals surface area contributed by atoms with Crippen molar-refractivity contribution < 1.29 is 32.6 Å². The monoisotopic (exact) mass is 615 g/mol. The fourth-order valence-corrected chi connectivity index (χ4v) is 6.28. The number of anilines is 1. The van der Waals surface area contributed by atoms with Gasteiger partial charge in [0.25, 0.3) is 11.8 Å². The first-order valence-corrected chi connectivity index (χ1v) is 14.2. The molecule has 1 unspecified atom stereocenters. The number of rotatable bonds is 6. The smallest absolute Gasteiger partial charge is 0.268 e. The number of hydrogen-bond acceptors (Lipinski definition) is 7. The Hall–Kier alpha value is -3.55. The number of ether oxygens (including phenoxy) is 1. The lowest BCUT2D eigenvalue weighted by Gasteiger charge is -2.38. The summed E-state index contributed by atoms with van der Waals surface area (Å²) in [6, 6.07) is 8.22. The van der Waals surface area contributed by atoms with Crippen LogP contribution in [0, 0.1) is 17.5 Å². The Morgan fingerprint density at radius 2 is 1.98 bits per heavy atom. The van der Waals surface area contributed by atoms with E-state index in [1.165, 1.54) is 23.2 Å².